The number of hydrogen-bond donors (Lipinski definition) is 2. The van der Waals surface area contributed by atoms with Gasteiger partial charge in [-0.2, -0.15) is 0 Å². The summed E-state index contributed by atoms with van der Waals surface area (Å²) in [5.74, 6) is 0.978. The molecule has 3 fully saturated rings. The molecule has 3 rings (SSSR count). The molecule has 0 spiro atoms. The Labute approximate surface area is 209 Å². The Kier molecular flexibility index (Phi) is 18.8. The molecule has 33 heavy (non-hydrogen) atoms. The average Bonchev–Trinajstić information content (AvgIpc) is 3.18. The van der Waals surface area contributed by atoms with Gasteiger partial charge in [0, 0.05) is 18.1 Å². The van der Waals surface area contributed by atoms with Crippen molar-refractivity contribution in [1.82, 2.24) is 10.6 Å². The summed E-state index contributed by atoms with van der Waals surface area (Å²) < 4.78 is 5.77. The Hall–Kier alpha value is -0.120. The second-order valence-corrected chi connectivity index (χ2v) is 11.9. The van der Waals surface area contributed by atoms with Crippen molar-refractivity contribution in [2.45, 2.75) is 181 Å². The topological polar surface area (TPSA) is 33.3 Å². The molecule has 0 aliphatic heterocycles. The molecule has 2 N–H and O–H groups in total. The second kappa shape index (κ2) is 20.1. The predicted octanol–water partition coefficient (Wildman–Crippen LogP) is 8.41. The van der Waals surface area contributed by atoms with Crippen LogP contribution in [0.1, 0.15) is 151 Å². The summed E-state index contributed by atoms with van der Waals surface area (Å²) in [4.78, 5) is 0. The van der Waals surface area contributed by atoms with Gasteiger partial charge in [-0.25, -0.2) is 0 Å². The summed E-state index contributed by atoms with van der Waals surface area (Å²) in [5.41, 5.74) is 0. The lowest BCUT2D eigenvalue weighted by Crippen LogP contribution is -2.34. The van der Waals surface area contributed by atoms with E-state index in [0.717, 1.165) is 12.0 Å². The minimum atomic E-state index is 0.415. The van der Waals surface area contributed by atoms with Crippen molar-refractivity contribution in [2.75, 3.05) is 6.54 Å². The molecule has 198 valence electrons. The summed E-state index contributed by atoms with van der Waals surface area (Å²) in [7, 11) is 0. The minimum Gasteiger partial charge on any atom is -0.376 e. The zero-order chi connectivity index (χ0) is 24.3. The fraction of sp³-hybridized carbons (Fsp3) is 1.00. The van der Waals surface area contributed by atoms with Crippen LogP contribution in [0.15, 0.2) is 0 Å². The Morgan fingerprint density at radius 2 is 1.03 bits per heavy atom. The Morgan fingerprint density at radius 1 is 0.576 bits per heavy atom. The molecule has 3 saturated carbocycles. The van der Waals surface area contributed by atoms with Gasteiger partial charge >= 0.3 is 0 Å². The van der Waals surface area contributed by atoms with Crippen LogP contribution in [-0.4, -0.2) is 36.9 Å². The zero-order valence-corrected chi connectivity index (χ0v) is 23.6. The minimum absolute atomic E-state index is 0.415. The third-order valence-corrected chi connectivity index (χ3v) is 7.23. The van der Waals surface area contributed by atoms with Gasteiger partial charge in [0.25, 0.3) is 0 Å². The van der Waals surface area contributed by atoms with E-state index >= 15 is 0 Å². The van der Waals surface area contributed by atoms with E-state index in [1.165, 1.54) is 116 Å². The highest BCUT2D eigenvalue weighted by atomic mass is 16.5. The monoisotopic (exact) mass is 466 g/mol. The largest absolute Gasteiger partial charge is 0.376 e. The zero-order valence-electron chi connectivity index (χ0n) is 23.6. The van der Waals surface area contributed by atoms with Crippen LogP contribution in [0.25, 0.3) is 0 Å². The third kappa shape index (κ3) is 18.8. The number of hydrogen-bond acceptors (Lipinski definition) is 3. The molecule has 0 saturated heterocycles. The molecule has 0 aromatic carbocycles. The van der Waals surface area contributed by atoms with Gasteiger partial charge in [-0.05, 0) is 64.8 Å². The summed E-state index contributed by atoms with van der Waals surface area (Å²) in [5, 5.41) is 7.14. The van der Waals surface area contributed by atoms with Gasteiger partial charge < -0.3 is 15.4 Å². The van der Waals surface area contributed by atoms with Crippen LogP contribution in [0.5, 0.6) is 0 Å². The molecule has 0 atom stereocenters. The van der Waals surface area contributed by atoms with Crippen LogP contribution in [0.4, 0.5) is 0 Å². The van der Waals surface area contributed by atoms with Gasteiger partial charge in [0.05, 0.1) is 12.2 Å². The van der Waals surface area contributed by atoms with Crippen molar-refractivity contribution in [3.05, 3.63) is 0 Å². The van der Waals surface area contributed by atoms with Crippen molar-refractivity contribution >= 4 is 0 Å². The van der Waals surface area contributed by atoms with E-state index in [4.69, 9.17) is 4.74 Å². The smallest absolute Gasteiger partial charge is 0.0578 e. The lowest BCUT2D eigenvalue weighted by atomic mass is 9.89. The summed E-state index contributed by atoms with van der Waals surface area (Å²) in [6.45, 7) is 14.4. The van der Waals surface area contributed by atoms with Gasteiger partial charge in [0.2, 0.25) is 0 Å². The van der Waals surface area contributed by atoms with Crippen LogP contribution in [0, 0.1) is 5.92 Å². The molecule has 0 heterocycles. The van der Waals surface area contributed by atoms with E-state index in [1.54, 1.807) is 0 Å². The van der Waals surface area contributed by atoms with Crippen LogP contribution in [-0.2, 0) is 4.74 Å². The van der Waals surface area contributed by atoms with E-state index in [0.29, 0.717) is 24.3 Å². The molecular formula is C30H62N2O. The lowest BCUT2D eigenvalue weighted by Gasteiger charge is -2.22. The van der Waals surface area contributed by atoms with Crippen molar-refractivity contribution in [1.29, 1.82) is 0 Å². The summed E-state index contributed by atoms with van der Waals surface area (Å²) >= 11 is 0. The first-order valence-electron chi connectivity index (χ1n) is 15.0. The molecule has 0 bridgehead atoms. The third-order valence-electron chi connectivity index (χ3n) is 7.23. The van der Waals surface area contributed by atoms with Crippen LogP contribution in [0.2, 0.25) is 0 Å². The first-order valence-corrected chi connectivity index (χ1v) is 15.0. The maximum Gasteiger partial charge on any atom is 0.0578 e. The van der Waals surface area contributed by atoms with E-state index < -0.39 is 0 Å². The standard InChI is InChI=1S/2C10H21N.C10H20O/c1-9(2)11-8-10-6-4-3-5-7-10;2*1-9(2)11-10-7-5-3-4-6-8-10/h2*9-11H,3-8H2,1-2H3;9-10H,3-8H2,1-2H3. The second-order valence-electron chi connectivity index (χ2n) is 11.9. The van der Waals surface area contributed by atoms with Gasteiger partial charge in [0.15, 0.2) is 0 Å². The van der Waals surface area contributed by atoms with Crippen LogP contribution < -0.4 is 10.6 Å². The molecule has 3 aliphatic rings. The summed E-state index contributed by atoms with van der Waals surface area (Å²) in [6.07, 6.45) is 25.0. The van der Waals surface area contributed by atoms with Crippen molar-refractivity contribution in [2.24, 2.45) is 5.92 Å². The van der Waals surface area contributed by atoms with Gasteiger partial charge in [-0.1, -0.05) is 98.3 Å². The number of nitrogens with one attached hydrogen (secondary N) is 2. The molecule has 0 amide bonds. The molecule has 0 aromatic rings. The molecule has 3 nitrogen and oxygen atoms in total. The van der Waals surface area contributed by atoms with E-state index in [1.807, 2.05) is 0 Å². The first kappa shape index (κ1) is 30.9. The maximum absolute atomic E-state index is 5.77. The Bertz CT molecular complexity index is 376. The normalized spacial score (nSPS) is 21.7. The highest BCUT2D eigenvalue weighted by Gasteiger charge is 2.14. The lowest BCUT2D eigenvalue weighted by molar-refractivity contribution is 0.0000230. The van der Waals surface area contributed by atoms with E-state index in [-0.39, 0.29) is 0 Å². The molecule has 0 radical (unpaired) electrons. The molecule has 3 aliphatic carbocycles. The average molecular weight is 467 g/mol. The van der Waals surface area contributed by atoms with Gasteiger partial charge in [0.1, 0.15) is 0 Å². The fourth-order valence-corrected chi connectivity index (χ4v) is 5.47. The Morgan fingerprint density at radius 3 is 1.48 bits per heavy atom. The molecule has 0 aromatic heterocycles. The van der Waals surface area contributed by atoms with Crippen LogP contribution >= 0.6 is 0 Å². The predicted molar refractivity (Wildman–Crippen MR) is 147 cm³/mol. The molecular weight excluding hydrogens is 404 g/mol. The maximum atomic E-state index is 5.77. The van der Waals surface area contributed by atoms with Gasteiger partial charge in [-0.3, -0.25) is 0 Å². The quantitative estimate of drug-likeness (QED) is 0.369. The van der Waals surface area contributed by atoms with Gasteiger partial charge in [-0.15, -0.1) is 0 Å². The Balaban J connectivity index is 0.000000247. The van der Waals surface area contributed by atoms with Crippen LogP contribution in [0.3, 0.4) is 0 Å². The number of rotatable bonds is 7. The summed E-state index contributed by atoms with van der Waals surface area (Å²) in [6, 6.07) is 2.15. The van der Waals surface area contributed by atoms with E-state index in [2.05, 4.69) is 52.2 Å². The van der Waals surface area contributed by atoms with Crippen molar-refractivity contribution in [3.63, 3.8) is 0 Å². The van der Waals surface area contributed by atoms with Crippen molar-refractivity contribution < 1.29 is 4.74 Å². The number of ether oxygens (including phenoxy) is 1. The fourth-order valence-electron chi connectivity index (χ4n) is 5.47. The SMILES string of the molecule is CC(C)NC1CCCCCC1.CC(C)NCC1CCCCC1.CC(C)OC1CCCCCC1. The highest BCUT2D eigenvalue weighted by Crippen LogP contribution is 2.23. The molecule has 0 unspecified atom stereocenters. The molecule has 3 heteroatoms. The first-order chi connectivity index (χ1) is 15.9. The van der Waals surface area contributed by atoms with Crippen molar-refractivity contribution in [3.8, 4) is 0 Å². The highest BCUT2D eigenvalue weighted by molar-refractivity contribution is 4.72. The van der Waals surface area contributed by atoms with E-state index in [9.17, 15) is 0 Å².